The summed E-state index contributed by atoms with van der Waals surface area (Å²) in [5, 5.41) is 23.9. The maximum atomic E-state index is 12.7. The average molecular weight is 1200 g/mol. The highest BCUT2D eigenvalue weighted by Crippen LogP contribution is 2.21. The van der Waals surface area contributed by atoms with Crippen LogP contribution in [0, 0.1) is 10.8 Å². The van der Waals surface area contributed by atoms with Gasteiger partial charge in [-0.25, -0.2) is 4.99 Å². The highest BCUT2D eigenvalue weighted by Gasteiger charge is 2.34. The van der Waals surface area contributed by atoms with Crippen molar-refractivity contribution in [3.05, 3.63) is 0 Å². The van der Waals surface area contributed by atoms with Gasteiger partial charge in [0.2, 0.25) is 17.7 Å². The zero-order valence-electron chi connectivity index (χ0n) is 49.7. The molecule has 0 aromatic carbocycles. The third kappa shape index (κ3) is 44.6. The summed E-state index contributed by atoms with van der Waals surface area (Å²) in [6.07, 6.45) is 11.1. The minimum atomic E-state index is -0.930. The van der Waals surface area contributed by atoms with Crippen LogP contribution in [0.2, 0.25) is 0 Å². The number of quaternary nitrogens is 3. The van der Waals surface area contributed by atoms with Crippen LogP contribution >= 0.6 is 74.4 Å². The molecule has 0 saturated carbocycles. The lowest BCUT2D eigenvalue weighted by atomic mass is 9.93. The number of guanidine groups is 1. The van der Waals surface area contributed by atoms with Crippen molar-refractivity contribution >= 4 is 115 Å². The second kappa shape index (κ2) is 49.1. The number of halogens is 6. The molecule has 0 fully saturated rings. The van der Waals surface area contributed by atoms with E-state index >= 15 is 0 Å². The van der Waals surface area contributed by atoms with Gasteiger partial charge in [-0.3, -0.25) is 19.4 Å². The van der Waals surface area contributed by atoms with Crippen LogP contribution in [0.15, 0.2) is 9.98 Å². The highest BCUT2D eigenvalue weighted by molar-refractivity contribution is 5.90. The molecule has 3 atom stereocenters. The number of nitrogens with zero attached hydrogens (tertiary/aromatic N) is 5. The lowest BCUT2D eigenvalue weighted by molar-refractivity contribution is -0.904. The molecule has 0 aliphatic heterocycles. The Morgan fingerprint density at radius 2 is 0.773 bits per heavy atom. The van der Waals surface area contributed by atoms with E-state index in [1.54, 1.807) is 13.8 Å². The first-order chi connectivity index (χ1) is 32.0. The van der Waals surface area contributed by atoms with Crippen LogP contribution in [0.25, 0.3) is 0 Å². The Morgan fingerprint density at radius 1 is 0.480 bits per heavy atom. The molecule has 454 valence electrons. The first-order valence-electron chi connectivity index (χ1n) is 26.3. The molecule has 75 heavy (non-hydrogen) atoms. The predicted octanol–water partition coefficient (Wildman–Crippen LogP) is 7.29. The zero-order chi connectivity index (χ0) is 54.0. The number of carbonyl (C=O) groups excluding carboxylic acids is 3. The monoisotopic (exact) mass is 1200 g/mol. The molecular formula is C51H118Cl6N15O3+3. The van der Waals surface area contributed by atoms with E-state index in [9.17, 15) is 14.4 Å². The Labute approximate surface area is 495 Å². The summed E-state index contributed by atoms with van der Waals surface area (Å²) in [5.41, 5.74) is 27.4. The molecule has 0 aliphatic carbocycles. The van der Waals surface area contributed by atoms with Gasteiger partial charge in [-0.05, 0) is 147 Å². The zero-order valence-corrected chi connectivity index (χ0v) is 54.6. The number of nitrogens with one attached hydrogen (secondary N) is 5. The maximum absolute atomic E-state index is 12.7. The number of likely N-dealkylation sites (N-methyl/N-ethyl adjacent to an activating group) is 3. The van der Waals surface area contributed by atoms with E-state index in [-0.39, 0.29) is 98.1 Å². The number of rotatable bonds is 36. The molecule has 15 N–H and O–H groups in total. The molecule has 3 amide bonds. The van der Waals surface area contributed by atoms with E-state index in [0.717, 1.165) is 142 Å². The summed E-state index contributed by atoms with van der Waals surface area (Å²) in [5.74, 6) is 0.161. The van der Waals surface area contributed by atoms with Crippen molar-refractivity contribution in [3.8, 4) is 0 Å². The van der Waals surface area contributed by atoms with Gasteiger partial charge in [-0.1, -0.05) is 25.7 Å². The summed E-state index contributed by atoms with van der Waals surface area (Å²) in [7, 11) is 6.60. The Morgan fingerprint density at radius 3 is 1.05 bits per heavy atom. The first kappa shape index (κ1) is 92.4. The fraction of sp³-hybridized carbons (Fsp3) is 0.863. The van der Waals surface area contributed by atoms with Crippen LogP contribution in [0.4, 0.5) is 0 Å². The number of nitrogens with two attached hydrogens (primary N) is 5. The minimum Gasteiger partial charge on any atom is -0.388 e. The van der Waals surface area contributed by atoms with Gasteiger partial charge in [-0.15, -0.1) is 74.4 Å². The SMILES string of the molecule is CC[N+](C)(CC)CCNC(=O)C(C)(CCCCCC(C)=N)N=C(N)N.CC[N+](C)(CC)CCNC(=O)C(C)(CCCCN)N=C(C)N.CC[N+](C)(CC)CCNC(=O)C(C)(N)CCCCCC(C)=N.Cl.Cl.Cl.Cl.Cl.Cl. The van der Waals surface area contributed by atoms with E-state index in [1.165, 1.54) is 0 Å². The molecular weight excluding hydrogens is 1080 g/mol. The Hall–Kier alpha value is -1.97. The van der Waals surface area contributed by atoms with Crippen molar-refractivity contribution < 1.29 is 27.8 Å². The molecule has 0 aromatic heterocycles. The van der Waals surface area contributed by atoms with Gasteiger partial charge in [0.25, 0.3) is 0 Å². The van der Waals surface area contributed by atoms with Crippen molar-refractivity contribution in [2.45, 2.75) is 183 Å². The Kier molecular flexibility index (Phi) is 60.5. The fourth-order valence-electron chi connectivity index (χ4n) is 7.46. The second-order valence-electron chi connectivity index (χ2n) is 20.9. The van der Waals surface area contributed by atoms with Gasteiger partial charge >= 0.3 is 0 Å². The van der Waals surface area contributed by atoms with Gasteiger partial charge in [0, 0.05) is 11.4 Å². The van der Waals surface area contributed by atoms with E-state index < -0.39 is 16.6 Å². The van der Waals surface area contributed by atoms with Crippen LogP contribution < -0.4 is 44.6 Å². The first-order valence-corrected chi connectivity index (χ1v) is 26.3. The van der Waals surface area contributed by atoms with Crippen molar-refractivity contribution in [3.63, 3.8) is 0 Å². The van der Waals surface area contributed by atoms with Crippen LogP contribution in [-0.4, -0.2) is 177 Å². The van der Waals surface area contributed by atoms with Gasteiger partial charge in [0.15, 0.2) is 5.96 Å². The van der Waals surface area contributed by atoms with Crippen molar-refractivity contribution in [1.29, 1.82) is 10.8 Å². The largest absolute Gasteiger partial charge is 0.388 e. The summed E-state index contributed by atoms with van der Waals surface area (Å²) >= 11 is 0. The molecule has 0 aromatic rings. The molecule has 24 heteroatoms. The smallest absolute Gasteiger partial charge is 0.247 e. The fourth-order valence-corrected chi connectivity index (χ4v) is 7.46. The maximum Gasteiger partial charge on any atom is 0.247 e. The van der Waals surface area contributed by atoms with Crippen LogP contribution in [0.5, 0.6) is 0 Å². The topological polar surface area (TPSA) is 290 Å². The van der Waals surface area contributed by atoms with Gasteiger partial charge in [-0.2, -0.15) is 0 Å². The van der Waals surface area contributed by atoms with E-state index in [0.29, 0.717) is 57.0 Å². The number of unbranched alkanes of at least 4 members (excludes halogenated alkanes) is 5. The normalized spacial score (nSPS) is 13.4. The molecule has 0 rings (SSSR count). The van der Waals surface area contributed by atoms with Crippen LogP contribution in [0.3, 0.4) is 0 Å². The van der Waals surface area contributed by atoms with E-state index in [2.05, 4.69) is 88.6 Å². The van der Waals surface area contributed by atoms with Gasteiger partial charge in [0.05, 0.1) is 111 Å². The quantitative estimate of drug-likeness (QED) is 0.0131. The number of amidine groups is 1. The van der Waals surface area contributed by atoms with Crippen LogP contribution in [0.1, 0.15) is 167 Å². The summed E-state index contributed by atoms with van der Waals surface area (Å²) in [4.78, 5) is 46.0. The average Bonchev–Trinajstić information content (AvgIpc) is 3.28. The number of aliphatic imine (C=N–C) groups is 2. The Bertz CT molecular complexity index is 1550. The molecule has 0 bridgehead atoms. The second-order valence-corrected chi connectivity index (χ2v) is 20.9. The molecule has 3 unspecified atom stereocenters. The molecule has 0 aliphatic rings. The lowest BCUT2D eigenvalue weighted by Gasteiger charge is -2.33. The van der Waals surface area contributed by atoms with E-state index in [1.807, 2.05) is 27.7 Å². The van der Waals surface area contributed by atoms with Crippen molar-refractivity contribution in [1.82, 2.24) is 16.0 Å². The third-order valence-electron chi connectivity index (χ3n) is 14.3. The van der Waals surface area contributed by atoms with Crippen LogP contribution in [-0.2, 0) is 14.4 Å². The summed E-state index contributed by atoms with van der Waals surface area (Å²) < 4.78 is 2.83. The van der Waals surface area contributed by atoms with E-state index in [4.69, 9.17) is 39.5 Å². The van der Waals surface area contributed by atoms with Gasteiger partial charge in [0.1, 0.15) is 11.1 Å². The summed E-state index contributed by atoms with van der Waals surface area (Å²) in [6.45, 7) is 35.5. The summed E-state index contributed by atoms with van der Waals surface area (Å²) in [6, 6.07) is 0. The minimum absolute atomic E-state index is 0. The van der Waals surface area contributed by atoms with Crippen molar-refractivity contribution in [2.24, 2.45) is 38.7 Å². The standard InChI is InChI=1S/C18H38N6O.C17H36N4O.C16H35N5O.6ClH/c1-6-24(5,7-2)14-13-22-16(25)18(4,23-17(20)21)12-10-8-9-11-15(3)19;1-6-21(5,7-2)14-13-20-16(22)17(4,19)12-10-8-9-11-15(3)18;1-6-21(5,7-2)13-12-19-15(22)16(4,20-14(3)18)10-8-9-11-17;;;;;;/h19H,6-14H2,1-5H3,(H4-,20,21,22,23,25);18H,6-14,19H2,1-5H3;6-13,17H2,1-5H3,(H2-,18,19,20,22);6*1H/p+3. The predicted molar refractivity (Wildman–Crippen MR) is 337 cm³/mol. The molecule has 0 radical (unpaired) electrons. The molecule has 18 nitrogen and oxygen atoms in total. The molecule has 0 saturated heterocycles. The Balaban J connectivity index is -0.000000120. The molecule has 0 spiro atoms. The van der Waals surface area contributed by atoms with Gasteiger partial charge < -0.3 is 68.9 Å². The number of hydrogen-bond acceptors (Lipinski definition) is 9. The highest BCUT2D eigenvalue weighted by atomic mass is 35.5. The lowest BCUT2D eigenvalue weighted by Crippen LogP contribution is -2.54. The number of amides is 3. The third-order valence-corrected chi connectivity index (χ3v) is 14.3. The number of carbonyl (C=O) groups is 3. The van der Waals surface area contributed by atoms with Crippen molar-refractivity contribution in [2.75, 3.05) is 106 Å². The number of hydrogen-bond donors (Lipinski definition) is 10. The molecule has 0 heterocycles.